The Bertz CT molecular complexity index is 1070. The van der Waals surface area contributed by atoms with E-state index in [0.717, 1.165) is 5.56 Å². The zero-order chi connectivity index (χ0) is 23.8. The first-order valence-corrected chi connectivity index (χ1v) is 10.8. The van der Waals surface area contributed by atoms with Gasteiger partial charge in [-0.25, -0.2) is 0 Å². The number of aliphatic carboxylic acids is 1. The zero-order valence-corrected chi connectivity index (χ0v) is 19.3. The molecule has 0 amide bonds. The van der Waals surface area contributed by atoms with E-state index in [1.807, 2.05) is 12.1 Å². The van der Waals surface area contributed by atoms with Crippen LogP contribution in [0.3, 0.4) is 0 Å². The van der Waals surface area contributed by atoms with Crippen molar-refractivity contribution in [3.8, 4) is 11.5 Å². The van der Waals surface area contributed by atoms with Crippen LogP contribution < -0.4 is 9.47 Å². The molecule has 0 heterocycles. The number of benzene rings is 3. The maximum absolute atomic E-state index is 12.8. The van der Waals surface area contributed by atoms with Gasteiger partial charge in [0.2, 0.25) is 0 Å². The third-order valence-electron chi connectivity index (χ3n) is 5.17. The lowest BCUT2D eigenvalue weighted by Gasteiger charge is -2.22. The van der Waals surface area contributed by atoms with Crippen LogP contribution in [0.4, 0.5) is 0 Å². The van der Waals surface area contributed by atoms with E-state index in [1.54, 1.807) is 79.7 Å². The molecule has 172 valence electrons. The van der Waals surface area contributed by atoms with Gasteiger partial charge >= 0.3 is 5.97 Å². The van der Waals surface area contributed by atoms with E-state index < -0.39 is 5.97 Å². The quantitative estimate of drug-likeness (QED) is 0.395. The first-order chi connectivity index (χ1) is 15.9. The minimum absolute atomic E-state index is 0.0461. The van der Waals surface area contributed by atoms with Crippen molar-refractivity contribution in [1.29, 1.82) is 0 Å². The lowest BCUT2D eigenvalue weighted by molar-refractivity contribution is -0.138. The maximum Gasteiger partial charge on any atom is 0.317 e. The highest BCUT2D eigenvalue weighted by atomic mass is 35.5. The molecule has 1 unspecified atom stereocenters. The van der Waals surface area contributed by atoms with Crippen LogP contribution >= 0.6 is 11.6 Å². The summed E-state index contributed by atoms with van der Waals surface area (Å²) in [6.45, 7) is 0.489. The average molecular weight is 468 g/mol. The highest BCUT2D eigenvalue weighted by Crippen LogP contribution is 2.27. The number of carboxylic acids is 1. The van der Waals surface area contributed by atoms with Gasteiger partial charge in [0.15, 0.2) is 5.78 Å². The van der Waals surface area contributed by atoms with Gasteiger partial charge in [0, 0.05) is 29.1 Å². The topological polar surface area (TPSA) is 76.1 Å². The van der Waals surface area contributed by atoms with E-state index in [9.17, 15) is 9.59 Å². The number of ketones is 1. The molecule has 3 aromatic carbocycles. The molecule has 6 nitrogen and oxygen atoms in total. The summed E-state index contributed by atoms with van der Waals surface area (Å²) in [7, 11) is 3.34. The zero-order valence-electron chi connectivity index (χ0n) is 18.5. The average Bonchev–Trinajstić information content (AvgIpc) is 2.82. The van der Waals surface area contributed by atoms with Gasteiger partial charge in [0.25, 0.3) is 0 Å². The van der Waals surface area contributed by atoms with E-state index in [-0.39, 0.29) is 18.4 Å². The molecule has 1 N–H and O–H groups in total. The number of methoxy groups -OCH3 is 1. The number of nitrogens with zero attached hydrogens (tertiary/aromatic N) is 1. The van der Waals surface area contributed by atoms with Crippen molar-refractivity contribution in [1.82, 2.24) is 4.90 Å². The summed E-state index contributed by atoms with van der Waals surface area (Å²) in [4.78, 5) is 25.4. The second kappa shape index (κ2) is 11.5. The van der Waals surface area contributed by atoms with Gasteiger partial charge in [0.1, 0.15) is 17.6 Å². The summed E-state index contributed by atoms with van der Waals surface area (Å²) >= 11 is 6.02. The Kier molecular flexibility index (Phi) is 8.46. The predicted octanol–water partition coefficient (Wildman–Crippen LogP) is 5.11. The Morgan fingerprint density at radius 1 is 0.909 bits per heavy atom. The molecular weight excluding hydrogens is 442 g/mol. The SMILES string of the molecule is COc1ccc(C(=O)c2ccc(OC(CCN(C)CC(=O)O)c3ccc(Cl)cc3)cc2)cc1. The molecule has 0 saturated heterocycles. The first kappa shape index (κ1) is 24.3. The molecule has 0 saturated carbocycles. The van der Waals surface area contributed by atoms with Gasteiger partial charge in [0.05, 0.1) is 13.7 Å². The third-order valence-corrected chi connectivity index (χ3v) is 5.42. The van der Waals surface area contributed by atoms with Crippen LogP contribution in [0.2, 0.25) is 5.02 Å². The van der Waals surface area contributed by atoms with Crippen LogP contribution in [0.5, 0.6) is 11.5 Å². The van der Waals surface area contributed by atoms with Gasteiger partial charge in [-0.1, -0.05) is 23.7 Å². The van der Waals surface area contributed by atoms with Crippen molar-refractivity contribution in [3.05, 3.63) is 94.5 Å². The third kappa shape index (κ3) is 7.07. The van der Waals surface area contributed by atoms with E-state index in [2.05, 4.69) is 0 Å². The molecule has 0 aliphatic rings. The molecule has 3 rings (SSSR count). The molecule has 1 atom stereocenters. The van der Waals surface area contributed by atoms with Gasteiger partial charge in [-0.2, -0.15) is 0 Å². The fourth-order valence-electron chi connectivity index (χ4n) is 3.38. The normalized spacial score (nSPS) is 11.8. The number of ether oxygens (including phenoxy) is 2. The van der Waals surface area contributed by atoms with Gasteiger partial charge in [-0.3, -0.25) is 14.5 Å². The molecule has 0 aliphatic heterocycles. The Morgan fingerprint density at radius 3 is 1.97 bits per heavy atom. The summed E-state index contributed by atoms with van der Waals surface area (Å²) < 4.78 is 11.4. The van der Waals surface area contributed by atoms with E-state index >= 15 is 0 Å². The van der Waals surface area contributed by atoms with Gasteiger partial charge in [-0.15, -0.1) is 0 Å². The van der Waals surface area contributed by atoms with E-state index in [0.29, 0.717) is 40.6 Å². The molecule has 0 aromatic heterocycles. The number of halogens is 1. The Labute approximate surface area is 198 Å². The van der Waals surface area contributed by atoms with Gasteiger partial charge < -0.3 is 14.6 Å². The Hall–Kier alpha value is -3.35. The van der Waals surface area contributed by atoms with E-state index in [1.165, 1.54) is 0 Å². The van der Waals surface area contributed by atoms with E-state index in [4.69, 9.17) is 26.2 Å². The van der Waals surface area contributed by atoms with Crippen LogP contribution in [0.15, 0.2) is 72.8 Å². The smallest absolute Gasteiger partial charge is 0.317 e. The van der Waals surface area contributed by atoms with Crippen LogP contribution in [0.25, 0.3) is 0 Å². The molecule has 0 bridgehead atoms. The standard InChI is InChI=1S/C26H26ClNO5/c1-28(17-25(29)30)16-15-24(18-3-9-21(27)10-4-18)33-23-13-7-20(8-14-23)26(31)19-5-11-22(32-2)12-6-19/h3-14,24H,15-17H2,1-2H3,(H,29,30). The number of carbonyl (C=O) groups excluding carboxylic acids is 1. The molecule has 7 heteroatoms. The summed E-state index contributed by atoms with van der Waals surface area (Å²) in [6, 6.07) is 21.3. The maximum atomic E-state index is 12.8. The first-order valence-electron chi connectivity index (χ1n) is 10.5. The summed E-state index contributed by atoms with van der Waals surface area (Å²) in [5, 5.41) is 9.62. The van der Waals surface area contributed by atoms with Crippen molar-refractivity contribution < 1.29 is 24.2 Å². The number of likely N-dealkylation sites (N-methyl/N-ethyl adjacent to an activating group) is 1. The van der Waals surface area contributed by atoms with Crippen molar-refractivity contribution >= 4 is 23.4 Å². The number of hydrogen-bond donors (Lipinski definition) is 1. The summed E-state index contributed by atoms with van der Waals surface area (Å²) in [5.74, 6) is 0.340. The fraction of sp³-hybridized carbons (Fsp3) is 0.231. The molecule has 0 radical (unpaired) electrons. The monoisotopic (exact) mass is 467 g/mol. The lowest BCUT2D eigenvalue weighted by Crippen LogP contribution is -2.28. The van der Waals surface area contributed by atoms with Crippen molar-refractivity contribution in [3.63, 3.8) is 0 Å². The molecular formula is C26H26ClNO5. The highest BCUT2D eigenvalue weighted by molar-refractivity contribution is 6.30. The Balaban J connectivity index is 1.72. The summed E-state index contributed by atoms with van der Waals surface area (Å²) in [6.07, 6.45) is 0.277. The second-order valence-electron chi connectivity index (χ2n) is 7.66. The number of rotatable bonds is 11. The molecule has 0 spiro atoms. The van der Waals surface area contributed by atoms with Gasteiger partial charge in [-0.05, 0) is 73.3 Å². The number of carboxylic acid groups (broad SMARTS) is 1. The Morgan fingerprint density at radius 2 is 1.45 bits per heavy atom. The minimum Gasteiger partial charge on any atom is -0.497 e. The second-order valence-corrected chi connectivity index (χ2v) is 8.10. The minimum atomic E-state index is -0.876. The predicted molar refractivity (Wildman–Crippen MR) is 127 cm³/mol. The fourth-order valence-corrected chi connectivity index (χ4v) is 3.50. The molecule has 3 aromatic rings. The van der Waals surface area contributed by atoms with Crippen molar-refractivity contribution in [2.45, 2.75) is 12.5 Å². The van der Waals surface area contributed by atoms with Crippen LogP contribution in [-0.2, 0) is 4.79 Å². The van der Waals surface area contributed by atoms with Crippen LogP contribution in [-0.4, -0.2) is 49.0 Å². The molecule has 33 heavy (non-hydrogen) atoms. The highest BCUT2D eigenvalue weighted by Gasteiger charge is 2.17. The summed E-state index contributed by atoms with van der Waals surface area (Å²) in [5.41, 5.74) is 2.06. The molecule has 0 fully saturated rings. The van der Waals surface area contributed by atoms with Crippen LogP contribution in [0.1, 0.15) is 34.0 Å². The lowest BCUT2D eigenvalue weighted by atomic mass is 10.0. The largest absolute Gasteiger partial charge is 0.497 e. The van der Waals surface area contributed by atoms with Crippen molar-refractivity contribution in [2.24, 2.45) is 0 Å². The van der Waals surface area contributed by atoms with Crippen molar-refractivity contribution in [2.75, 3.05) is 27.2 Å². The van der Waals surface area contributed by atoms with Crippen LogP contribution in [0, 0.1) is 0 Å². The number of hydrogen-bond acceptors (Lipinski definition) is 5. The molecule has 0 aliphatic carbocycles. The number of carbonyl (C=O) groups is 2.